The van der Waals surface area contributed by atoms with Crippen LogP contribution in [0, 0.1) is 0 Å². The molecule has 6 heteroatoms. The molecule has 1 aromatic carbocycles. The van der Waals surface area contributed by atoms with Gasteiger partial charge in [-0.05, 0) is 50.2 Å². The van der Waals surface area contributed by atoms with Gasteiger partial charge >= 0.3 is 0 Å². The van der Waals surface area contributed by atoms with Crippen molar-refractivity contribution in [1.29, 1.82) is 0 Å². The second-order valence-corrected chi connectivity index (χ2v) is 7.37. The molecule has 3 N–H and O–H groups in total. The maximum atomic E-state index is 11.1. The molecule has 6 nitrogen and oxygen atoms in total. The van der Waals surface area contributed by atoms with E-state index < -0.39 is 0 Å². The summed E-state index contributed by atoms with van der Waals surface area (Å²) in [6, 6.07) is 8.44. The van der Waals surface area contributed by atoms with Gasteiger partial charge in [-0.1, -0.05) is 42.6 Å². The molecule has 1 aliphatic carbocycles. The Morgan fingerprint density at radius 3 is 2.68 bits per heavy atom. The lowest BCUT2D eigenvalue weighted by Gasteiger charge is -2.21. The quantitative estimate of drug-likeness (QED) is 0.250. The molecule has 1 aromatic heterocycles. The molecule has 0 spiro atoms. The summed E-state index contributed by atoms with van der Waals surface area (Å²) in [7, 11) is 0. The fourth-order valence-corrected chi connectivity index (χ4v) is 3.88. The summed E-state index contributed by atoms with van der Waals surface area (Å²) in [4.78, 5) is 16.0. The molecule has 1 heterocycles. The van der Waals surface area contributed by atoms with Gasteiger partial charge in [-0.2, -0.15) is 0 Å². The number of carbonyl (C=O) groups is 1. The van der Waals surface area contributed by atoms with Crippen molar-refractivity contribution in [2.75, 3.05) is 18.4 Å². The van der Waals surface area contributed by atoms with E-state index in [0.29, 0.717) is 6.54 Å². The average Bonchev–Trinajstić information content (AvgIpc) is 2.72. The zero-order chi connectivity index (χ0) is 19.6. The lowest BCUT2D eigenvalue weighted by atomic mass is 9.92. The van der Waals surface area contributed by atoms with Crippen LogP contribution in [0.3, 0.4) is 0 Å². The molecular weight excluding hydrogens is 352 g/mol. The minimum atomic E-state index is -0.348. The van der Waals surface area contributed by atoms with Crippen molar-refractivity contribution in [1.82, 2.24) is 10.3 Å². The standard InChI is InChI=1S/C22H30N4O2/c27-21(16-25-28)23-14-8-2-1-3-9-15-24-22-17-10-4-6-12-19(17)26-20-13-7-5-11-18(20)22/h4,6,10,12,16,28H,1-3,5,7-9,11,13-15H2,(H,23,27)(H,24,26)/b25-16+. The Bertz CT molecular complexity index is 820. The van der Waals surface area contributed by atoms with Crippen LogP contribution in [0.2, 0.25) is 0 Å². The van der Waals surface area contributed by atoms with Gasteiger partial charge in [-0.15, -0.1) is 0 Å². The number of nitrogens with zero attached hydrogens (tertiary/aromatic N) is 2. The SMILES string of the molecule is O=C(/C=N/O)NCCCCCCCNc1c2c(nc3ccccc13)CCCC2. The largest absolute Gasteiger partial charge is 0.411 e. The number of amides is 1. The zero-order valence-corrected chi connectivity index (χ0v) is 16.4. The molecule has 0 aliphatic heterocycles. The number of benzene rings is 1. The third kappa shape index (κ3) is 5.44. The molecule has 1 aliphatic rings. The van der Waals surface area contributed by atoms with Crippen LogP contribution in [-0.2, 0) is 17.6 Å². The van der Waals surface area contributed by atoms with Crippen LogP contribution in [0.25, 0.3) is 10.9 Å². The third-order valence-corrected chi connectivity index (χ3v) is 5.30. The number of pyridine rings is 1. The monoisotopic (exact) mass is 382 g/mol. The fraction of sp³-hybridized carbons (Fsp3) is 0.500. The number of para-hydroxylation sites is 1. The number of hydrogen-bond acceptors (Lipinski definition) is 5. The first kappa shape index (κ1) is 20.1. The van der Waals surface area contributed by atoms with Crippen LogP contribution in [0.4, 0.5) is 5.69 Å². The van der Waals surface area contributed by atoms with Crippen molar-refractivity contribution in [3.8, 4) is 0 Å². The molecule has 0 unspecified atom stereocenters. The van der Waals surface area contributed by atoms with Gasteiger partial charge in [0, 0.05) is 29.9 Å². The van der Waals surface area contributed by atoms with E-state index in [9.17, 15) is 4.79 Å². The van der Waals surface area contributed by atoms with Gasteiger partial charge in [0.2, 0.25) is 0 Å². The van der Waals surface area contributed by atoms with Crippen molar-refractivity contribution >= 4 is 28.7 Å². The van der Waals surface area contributed by atoms with Crippen molar-refractivity contribution in [2.24, 2.45) is 5.16 Å². The zero-order valence-electron chi connectivity index (χ0n) is 16.4. The smallest absolute Gasteiger partial charge is 0.265 e. The Kier molecular flexibility index (Phi) is 7.64. The van der Waals surface area contributed by atoms with Gasteiger partial charge < -0.3 is 15.8 Å². The van der Waals surface area contributed by atoms with E-state index in [2.05, 4.69) is 40.1 Å². The number of hydrogen-bond donors (Lipinski definition) is 3. The second kappa shape index (κ2) is 10.6. The van der Waals surface area contributed by atoms with Gasteiger partial charge in [0.05, 0.1) is 5.52 Å². The molecule has 0 atom stereocenters. The van der Waals surface area contributed by atoms with Crippen LogP contribution in [-0.4, -0.2) is 35.4 Å². The Labute approximate surface area is 166 Å². The van der Waals surface area contributed by atoms with Gasteiger partial charge in [0.1, 0.15) is 6.21 Å². The predicted octanol–water partition coefficient (Wildman–Crippen LogP) is 4.05. The van der Waals surface area contributed by atoms with E-state index in [0.717, 1.165) is 56.8 Å². The summed E-state index contributed by atoms with van der Waals surface area (Å²) >= 11 is 0. The molecule has 150 valence electrons. The van der Waals surface area contributed by atoms with Crippen LogP contribution in [0.5, 0.6) is 0 Å². The molecule has 3 rings (SSSR count). The van der Waals surface area contributed by atoms with E-state index in [4.69, 9.17) is 10.2 Å². The highest BCUT2D eigenvalue weighted by Gasteiger charge is 2.17. The molecule has 1 amide bonds. The van der Waals surface area contributed by atoms with E-state index in [1.165, 1.54) is 41.6 Å². The van der Waals surface area contributed by atoms with E-state index >= 15 is 0 Å². The maximum absolute atomic E-state index is 11.1. The van der Waals surface area contributed by atoms with Crippen molar-refractivity contribution in [3.05, 3.63) is 35.5 Å². The molecule has 0 bridgehead atoms. The molecule has 28 heavy (non-hydrogen) atoms. The predicted molar refractivity (Wildman–Crippen MR) is 113 cm³/mol. The number of anilines is 1. The molecule has 0 fully saturated rings. The number of oxime groups is 1. The third-order valence-electron chi connectivity index (χ3n) is 5.30. The molecule has 0 saturated carbocycles. The number of nitrogens with one attached hydrogen (secondary N) is 2. The summed E-state index contributed by atoms with van der Waals surface area (Å²) in [5.74, 6) is -0.348. The fourth-order valence-electron chi connectivity index (χ4n) is 3.88. The van der Waals surface area contributed by atoms with Crippen molar-refractivity contribution in [2.45, 2.75) is 57.8 Å². The van der Waals surface area contributed by atoms with Crippen molar-refractivity contribution in [3.63, 3.8) is 0 Å². The maximum Gasteiger partial charge on any atom is 0.265 e. The topological polar surface area (TPSA) is 86.6 Å². The number of aryl methyl sites for hydroxylation is 1. The number of fused-ring (bicyclic) bond motifs is 2. The number of carbonyl (C=O) groups excluding carboxylic acids is 1. The first-order valence-electron chi connectivity index (χ1n) is 10.4. The summed E-state index contributed by atoms with van der Waals surface area (Å²) in [5.41, 5.74) is 5.10. The molecule has 2 aromatic rings. The Hall–Kier alpha value is -2.63. The van der Waals surface area contributed by atoms with E-state index in [1.54, 1.807) is 0 Å². The summed E-state index contributed by atoms with van der Waals surface area (Å²) in [6.07, 6.45) is 11.1. The first-order valence-corrected chi connectivity index (χ1v) is 10.4. The lowest BCUT2D eigenvalue weighted by Crippen LogP contribution is -2.25. The van der Waals surface area contributed by atoms with Crippen LogP contribution in [0.1, 0.15) is 56.2 Å². The highest BCUT2D eigenvalue weighted by molar-refractivity contribution is 6.25. The summed E-state index contributed by atoms with van der Waals surface area (Å²) < 4.78 is 0. The van der Waals surface area contributed by atoms with E-state index in [-0.39, 0.29) is 5.91 Å². The van der Waals surface area contributed by atoms with Crippen LogP contribution >= 0.6 is 0 Å². The van der Waals surface area contributed by atoms with Gasteiger partial charge in [0.25, 0.3) is 5.91 Å². The Balaban J connectivity index is 1.43. The summed E-state index contributed by atoms with van der Waals surface area (Å²) in [5, 5.41) is 18.6. The average molecular weight is 383 g/mol. The second-order valence-electron chi connectivity index (χ2n) is 7.37. The van der Waals surface area contributed by atoms with Crippen LogP contribution < -0.4 is 10.6 Å². The first-order chi connectivity index (χ1) is 13.8. The highest BCUT2D eigenvalue weighted by Crippen LogP contribution is 2.33. The minimum absolute atomic E-state index is 0.348. The van der Waals surface area contributed by atoms with Crippen molar-refractivity contribution < 1.29 is 10.0 Å². The van der Waals surface area contributed by atoms with Gasteiger partial charge in [-0.3, -0.25) is 9.78 Å². The normalized spacial score (nSPS) is 13.6. The number of rotatable bonds is 10. The Morgan fingerprint density at radius 1 is 1.07 bits per heavy atom. The Morgan fingerprint density at radius 2 is 1.82 bits per heavy atom. The van der Waals surface area contributed by atoms with E-state index in [1.807, 2.05) is 0 Å². The minimum Gasteiger partial charge on any atom is -0.411 e. The van der Waals surface area contributed by atoms with Gasteiger partial charge in [-0.25, -0.2) is 0 Å². The molecular formula is C22H30N4O2. The summed E-state index contributed by atoms with van der Waals surface area (Å²) in [6.45, 7) is 1.60. The lowest BCUT2D eigenvalue weighted by molar-refractivity contribution is -0.114. The number of aromatic nitrogens is 1. The number of unbranched alkanes of at least 4 members (excludes halogenated alkanes) is 4. The molecule has 0 radical (unpaired) electrons. The van der Waals surface area contributed by atoms with Gasteiger partial charge in [0.15, 0.2) is 0 Å². The highest BCUT2D eigenvalue weighted by atomic mass is 16.4. The molecule has 0 saturated heterocycles. The van der Waals surface area contributed by atoms with Crippen LogP contribution in [0.15, 0.2) is 29.4 Å².